The lowest BCUT2D eigenvalue weighted by Gasteiger charge is -2.39. The van der Waals surface area contributed by atoms with Crippen molar-refractivity contribution >= 4 is 11.6 Å². The normalized spacial score (nSPS) is 21.1. The van der Waals surface area contributed by atoms with E-state index >= 15 is 0 Å². The second-order valence-electron chi connectivity index (χ2n) is 6.97. The maximum atomic E-state index is 13.3. The van der Waals surface area contributed by atoms with Crippen LogP contribution in [0.5, 0.6) is 0 Å². The Morgan fingerprint density at radius 3 is 2.81 bits per heavy atom. The molecular formula is C18H20F3N5O. The zero-order valence-electron chi connectivity index (χ0n) is 15.1. The van der Waals surface area contributed by atoms with Gasteiger partial charge in [-0.1, -0.05) is 13.8 Å². The van der Waals surface area contributed by atoms with E-state index in [2.05, 4.69) is 22.0 Å². The lowest BCUT2D eigenvalue weighted by molar-refractivity contribution is -0.141. The molecule has 0 N–H and O–H groups in total. The fourth-order valence-electron chi connectivity index (χ4n) is 3.60. The summed E-state index contributed by atoms with van der Waals surface area (Å²) in [6.45, 7) is 4.75. The molecule has 4 heterocycles. The molecule has 1 saturated heterocycles. The molecule has 0 radical (unpaired) electrons. The highest BCUT2D eigenvalue weighted by atomic mass is 19.4. The highest BCUT2D eigenvalue weighted by Gasteiger charge is 2.37. The second-order valence-corrected chi connectivity index (χ2v) is 6.97. The number of rotatable bonds is 3. The number of nitrogens with zero attached hydrogens (tertiary/aromatic N) is 5. The minimum Gasteiger partial charge on any atom is -0.464 e. The van der Waals surface area contributed by atoms with Gasteiger partial charge in [0.05, 0.1) is 6.04 Å². The highest BCUT2D eigenvalue weighted by Crippen LogP contribution is 2.39. The van der Waals surface area contributed by atoms with Crippen molar-refractivity contribution in [2.24, 2.45) is 5.92 Å². The third kappa shape index (κ3) is 3.26. The molecule has 3 aromatic rings. The Hall–Kier alpha value is -2.58. The molecule has 0 saturated carbocycles. The zero-order chi connectivity index (χ0) is 19.2. The van der Waals surface area contributed by atoms with Crippen molar-refractivity contribution in [2.75, 3.05) is 11.4 Å². The van der Waals surface area contributed by atoms with E-state index in [0.717, 1.165) is 36.8 Å². The van der Waals surface area contributed by atoms with Crippen LogP contribution in [0.15, 0.2) is 28.9 Å². The van der Waals surface area contributed by atoms with Gasteiger partial charge in [0.1, 0.15) is 23.7 Å². The van der Waals surface area contributed by atoms with Gasteiger partial charge in [-0.2, -0.15) is 27.8 Å². The molecule has 9 heteroatoms. The molecule has 0 spiro atoms. The van der Waals surface area contributed by atoms with Crippen molar-refractivity contribution < 1.29 is 17.6 Å². The van der Waals surface area contributed by atoms with Crippen LogP contribution >= 0.6 is 0 Å². The Morgan fingerprint density at radius 2 is 2.11 bits per heavy atom. The Kier molecular flexibility index (Phi) is 4.32. The monoisotopic (exact) mass is 379 g/mol. The fourth-order valence-corrected chi connectivity index (χ4v) is 3.60. The number of aromatic nitrogens is 4. The van der Waals surface area contributed by atoms with Crippen LogP contribution in [0, 0.1) is 5.92 Å². The van der Waals surface area contributed by atoms with Gasteiger partial charge < -0.3 is 9.32 Å². The molecule has 4 rings (SSSR count). The topological polar surface area (TPSA) is 59.5 Å². The van der Waals surface area contributed by atoms with E-state index in [1.165, 1.54) is 10.8 Å². The van der Waals surface area contributed by atoms with E-state index in [9.17, 15) is 13.2 Å². The van der Waals surface area contributed by atoms with E-state index in [4.69, 9.17) is 4.42 Å². The standard InChI is InChI=1S/C18H20F3N5O/c1-3-12-4-5-14(27-12)13-8-11(2)6-7-25(13)16-9-15(18(19,20)21)24-17-22-10-23-26(16)17/h4-5,9-11,13H,3,6-8H2,1-2H3/t11-,13+/m0/s1. The molecule has 0 unspecified atom stereocenters. The number of anilines is 1. The smallest absolute Gasteiger partial charge is 0.433 e. The summed E-state index contributed by atoms with van der Waals surface area (Å²) in [5.74, 6) is 2.33. The van der Waals surface area contributed by atoms with Crippen LogP contribution in [-0.4, -0.2) is 26.1 Å². The van der Waals surface area contributed by atoms with Crippen LogP contribution in [0.2, 0.25) is 0 Å². The highest BCUT2D eigenvalue weighted by molar-refractivity contribution is 5.50. The van der Waals surface area contributed by atoms with Crippen molar-refractivity contribution in [2.45, 2.75) is 45.3 Å². The molecule has 6 nitrogen and oxygen atoms in total. The van der Waals surface area contributed by atoms with Crippen molar-refractivity contribution in [1.82, 2.24) is 19.6 Å². The Labute approximate surface area is 154 Å². The van der Waals surface area contributed by atoms with E-state index < -0.39 is 11.9 Å². The van der Waals surface area contributed by atoms with Crippen LogP contribution in [0.25, 0.3) is 5.78 Å². The van der Waals surface area contributed by atoms with Crippen LogP contribution < -0.4 is 4.90 Å². The summed E-state index contributed by atoms with van der Waals surface area (Å²) in [6.07, 6.45) is -0.909. The average Bonchev–Trinajstić information content (AvgIpc) is 3.29. The van der Waals surface area contributed by atoms with Gasteiger partial charge in [-0.25, -0.2) is 4.98 Å². The number of hydrogen-bond donors (Lipinski definition) is 0. The maximum Gasteiger partial charge on any atom is 0.433 e. The Bertz CT molecular complexity index is 948. The van der Waals surface area contributed by atoms with Crippen molar-refractivity contribution in [1.29, 1.82) is 0 Å². The third-order valence-electron chi connectivity index (χ3n) is 5.04. The van der Waals surface area contributed by atoms with Crippen LogP contribution in [0.4, 0.5) is 19.0 Å². The van der Waals surface area contributed by atoms with Crippen LogP contribution in [0.1, 0.15) is 49.9 Å². The minimum atomic E-state index is -4.55. The number of halogens is 3. The molecule has 1 fully saturated rings. The fraction of sp³-hybridized carbons (Fsp3) is 0.500. The molecule has 0 amide bonds. The largest absolute Gasteiger partial charge is 0.464 e. The number of hydrogen-bond acceptors (Lipinski definition) is 5. The summed E-state index contributed by atoms with van der Waals surface area (Å²) < 4.78 is 47.3. The quantitative estimate of drug-likeness (QED) is 0.680. The van der Waals surface area contributed by atoms with Gasteiger partial charge in [0, 0.05) is 19.0 Å². The third-order valence-corrected chi connectivity index (χ3v) is 5.04. The van der Waals surface area contributed by atoms with Gasteiger partial charge in [0.2, 0.25) is 0 Å². The zero-order valence-corrected chi connectivity index (χ0v) is 15.1. The predicted octanol–water partition coefficient (Wildman–Crippen LogP) is 4.28. The summed E-state index contributed by atoms with van der Waals surface area (Å²) in [5, 5.41) is 4.09. The summed E-state index contributed by atoms with van der Waals surface area (Å²) in [4.78, 5) is 9.40. The first-order chi connectivity index (χ1) is 12.9. The molecule has 0 aliphatic carbocycles. The summed E-state index contributed by atoms with van der Waals surface area (Å²) in [6, 6.07) is 4.73. The van der Waals surface area contributed by atoms with Gasteiger partial charge >= 0.3 is 6.18 Å². The molecule has 0 aromatic carbocycles. The van der Waals surface area contributed by atoms with E-state index in [-0.39, 0.29) is 11.8 Å². The number of fused-ring (bicyclic) bond motifs is 1. The molecule has 144 valence electrons. The second kappa shape index (κ2) is 6.54. The van der Waals surface area contributed by atoms with Crippen molar-refractivity contribution in [3.05, 3.63) is 41.7 Å². The lowest BCUT2D eigenvalue weighted by Crippen LogP contribution is -2.37. The lowest BCUT2D eigenvalue weighted by atomic mass is 9.91. The first kappa shape index (κ1) is 17.8. The van der Waals surface area contributed by atoms with Crippen LogP contribution in [0.3, 0.4) is 0 Å². The van der Waals surface area contributed by atoms with Gasteiger partial charge in [-0.15, -0.1) is 0 Å². The molecule has 0 bridgehead atoms. The van der Waals surface area contributed by atoms with Crippen molar-refractivity contribution in [3.8, 4) is 0 Å². The summed E-state index contributed by atoms with van der Waals surface area (Å²) in [5.41, 5.74) is -0.968. The molecule has 3 aromatic heterocycles. The van der Waals surface area contributed by atoms with Crippen LogP contribution in [-0.2, 0) is 12.6 Å². The Morgan fingerprint density at radius 1 is 1.30 bits per heavy atom. The molecule has 27 heavy (non-hydrogen) atoms. The van der Waals surface area contributed by atoms with E-state index in [0.29, 0.717) is 18.3 Å². The van der Waals surface area contributed by atoms with E-state index in [1.54, 1.807) is 0 Å². The number of aryl methyl sites for hydroxylation is 1. The summed E-state index contributed by atoms with van der Waals surface area (Å²) >= 11 is 0. The Balaban J connectivity index is 1.83. The van der Waals surface area contributed by atoms with E-state index in [1.807, 2.05) is 24.0 Å². The first-order valence-corrected chi connectivity index (χ1v) is 9.00. The molecule has 1 aliphatic rings. The number of furan rings is 1. The van der Waals surface area contributed by atoms with Gasteiger partial charge in [0.25, 0.3) is 5.78 Å². The number of alkyl halides is 3. The van der Waals surface area contributed by atoms with Gasteiger partial charge in [-0.05, 0) is 30.9 Å². The first-order valence-electron chi connectivity index (χ1n) is 9.00. The van der Waals surface area contributed by atoms with Gasteiger partial charge in [-0.3, -0.25) is 0 Å². The number of piperidine rings is 1. The van der Waals surface area contributed by atoms with Gasteiger partial charge in [0.15, 0.2) is 5.69 Å². The minimum absolute atomic E-state index is 0.0640. The summed E-state index contributed by atoms with van der Waals surface area (Å²) in [7, 11) is 0. The maximum absolute atomic E-state index is 13.3. The molecule has 2 atom stereocenters. The SMILES string of the molecule is CCc1ccc([C@H]2C[C@@H](C)CCN2c2cc(C(F)(F)F)nc3ncnn23)o1. The van der Waals surface area contributed by atoms with Crippen molar-refractivity contribution in [3.63, 3.8) is 0 Å². The molecular weight excluding hydrogens is 359 g/mol. The molecule has 1 aliphatic heterocycles. The predicted molar refractivity (Wildman–Crippen MR) is 92.4 cm³/mol. The average molecular weight is 379 g/mol.